The van der Waals surface area contributed by atoms with Gasteiger partial charge in [0.15, 0.2) is 0 Å². The van der Waals surface area contributed by atoms with Gasteiger partial charge in [0.1, 0.15) is 0 Å². The van der Waals surface area contributed by atoms with Crippen molar-refractivity contribution in [1.29, 1.82) is 0 Å². The SMILES string of the molecule is CCc1ccc(NC(=O)N2CCc3ccccc3[C@H]2CC(=O)O)cc1. The van der Waals surface area contributed by atoms with Gasteiger partial charge in [0.05, 0.1) is 12.5 Å². The van der Waals surface area contributed by atoms with E-state index in [9.17, 15) is 14.7 Å². The maximum absolute atomic E-state index is 12.7. The minimum atomic E-state index is -0.910. The zero-order valence-electron chi connectivity index (χ0n) is 14.2. The Bertz CT molecular complexity index is 771. The Balaban J connectivity index is 1.81. The van der Waals surface area contributed by atoms with Gasteiger partial charge in [0.2, 0.25) is 0 Å². The molecular formula is C20H22N2O3. The molecule has 2 amide bonds. The van der Waals surface area contributed by atoms with Crippen LogP contribution in [0.5, 0.6) is 0 Å². The van der Waals surface area contributed by atoms with Crippen LogP contribution >= 0.6 is 0 Å². The summed E-state index contributed by atoms with van der Waals surface area (Å²) < 4.78 is 0. The molecule has 3 rings (SSSR count). The van der Waals surface area contributed by atoms with Crippen LogP contribution in [-0.2, 0) is 17.6 Å². The number of aryl methyl sites for hydroxylation is 1. The van der Waals surface area contributed by atoms with Gasteiger partial charge in [-0.2, -0.15) is 0 Å². The van der Waals surface area contributed by atoms with Crippen LogP contribution in [0.2, 0.25) is 0 Å². The first-order valence-corrected chi connectivity index (χ1v) is 8.54. The third kappa shape index (κ3) is 3.82. The van der Waals surface area contributed by atoms with Gasteiger partial charge in [-0.05, 0) is 41.7 Å². The van der Waals surface area contributed by atoms with Crippen LogP contribution in [0.15, 0.2) is 48.5 Å². The van der Waals surface area contributed by atoms with Gasteiger partial charge in [0.25, 0.3) is 0 Å². The number of carbonyl (C=O) groups excluding carboxylic acids is 1. The maximum atomic E-state index is 12.7. The number of hydrogen-bond donors (Lipinski definition) is 2. The van der Waals surface area contributed by atoms with E-state index >= 15 is 0 Å². The van der Waals surface area contributed by atoms with E-state index in [1.807, 2.05) is 48.5 Å². The summed E-state index contributed by atoms with van der Waals surface area (Å²) in [6, 6.07) is 14.8. The average Bonchev–Trinajstić information content (AvgIpc) is 2.62. The van der Waals surface area contributed by atoms with Crippen molar-refractivity contribution in [3.63, 3.8) is 0 Å². The molecule has 2 N–H and O–H groups in total. The molecule has 1 heterocycles. The predicted octanol–water partition coefficient (Wildman–Crippen LogP) is 3.86. The van der Waals surface area contributed by atoms with Crippen molar-refractivity contribution in [2.45, 2.75) is 32.2 Å². The van der Waals surface area contributed by atoms with E-state index in [0.717, 1.165) is 29.7 Å². The third-order valence-electron chi connectivity index (χ3n) is 4.65. The normalized spacial score (nSPS) is 16.2. The molecule has 0 aromatic heterocycles. The number of carboxylic acid groups (broad SMARTS) is 1. The molecule has 0 radical (unpaired) electrons. The quantitative estimate of drug-likeness (QED) is 0.889. The Morgan fingerprint density at radius 2 is 1.88 bits per heavy atom. The molecule has 2 aromatic rings. The summed E-state index contributed by atoms with van der Waals surface area (Å²) >= 11 is 0. The van der Waals surface area contributed by atoms with Crippen molar-refractivity contribution in [3.8, 4) is 0 Å². The number of anilines is 1. The summed E-state index contributed by atoms with van der Waals surface area (Å²) in [7, 11) is 0. The third-order valence-corrected chi connectivity index (χ3v) is 4.65. The lowest BCUT2D eigenvalue weighted by atomic mass is 9.91. The Kier molecular flexibility index (Phi) is 5.03. The highest BCUT2D eigenvalue weighted by atomic mass is 16.4. The number of nitrogens with zero attached hydrogens (tertiary/aromatic N) is 1. The fourth-order valence-corrected chi connectivity index (χ4v) is 3.30. The largest absolute Gasteiger partial charge is 0.481 e. The average molecular weight is 338 g/mol. The van der Waals surface area contributed by atoms with E-state index in [1.165, 1.54) is 5.56 Å². The highest BCUT2D eigenvalue weighted by molar-refractivity contribution is 5.90. The number of carbonyl (C=O) groups is 2. The molecular weight excluding hydrogens is 316 g/mol. The van der Waals surface area contributed by atoms with Crippen LogP contribution in [0, 0.1) is 0 Å². The van der Waals surface area contributed by atoms with Crippen molar-refractivity contribution < 1.29 is 14.7 Å². The van der Waals surface area contributed by atoms with E-state index in [0.29, 0.717) is 6.54 Å². The van der Waals surface area contributed by atoms with Crippen molar-refractivity contribution in [1.82, 2.24) is 4.90 Å². The fourth-order valence-electron chi connectivity index (χ4n) is 3.30. The molecule has 0 saturated carbocycles. The van der Waals surface area contributed by atoms with Gasteiger partial charge in [-0.25, -0.2) is 4.79 Å². The molecule has 130 valence electrons. The Hall–Kier alpha value is -2.82. The molecule has 5 heteroatoms. The molecule has 2 aromatic carbocycles. The second-order valence-electron chi connectivity index (χ2n) is 6.24. The highest BCUT2D eigenvalue weighted by Crippen LogP contribution is 2.32. The van der Waals surface area contributed by atoms with Gasteiger partial charge in [-0.1, -0.05) is 43.3 Å². The summed E-state index contributed by atoms with van der Waals surface area (Å²) in [6.07, 6.45) is 1.57. The van der Waals surface area contributed by atoms with Crippen LogP contribution in [0.3, 0.4) is 0 Å². The summed E-state index contributed by atoms with van der Waals surface area (Å²) in [5, 5.41) is 12.2. The molecule has 1 atom stereocenters. The van der Waals surface area contributed by atoms with Crippen molar-refractivity contribution in [2.24, 2.45) is 0 Å². The van der Waals surface area contributed by atoms with Crippen LogP contribution in [0.1, 0.15) is 36.1 Å². The minimum Gasteiger partial charge on any atom is -0.481 e. The zero-order chi connectivity index (χ0) is 17.8. The Morgan fingerprint density at radius 1 is 1.16 bits per heavy atom. The number of nitrogens with one attached hydrogen (secondary N) is 1. The van der Waals surface area contributed by atoms with Gasteiger partial charge in [-0.3, -0.25) is 4.79 Å². The fraction of sp³-hybridized carbons (Fsp3) is 0.300. The molecule has 0 unspecified atom stereocenters. The van der Waals surface area contributed by atoms with Crippen LogP contribution < -0.4 is 5.32 Å². The number of aliphatic carboxylic acids is 1. The first-order valence-electron chi connectivity index (χ1n) is 8.54. The number of rotatable bonds is 4. The standard InChI is InChI=1S/C20H22N2O3/c1-2-14-7-9-16(10-8-14)21-20(25)22-12-11-15-5-3-4-6-17(15)18(22)13-19(23)24/h3-10,18H,2,11-13H2,1H3,(H,21,25)(H,23,24)/t18-/m1/s1. The summed E-state index contributed by atoms with van der Waals surface area (Å²) in [5.41, 5.74) is 3.96. The Labute approximate surface area is 147 Å². The number of amides is 2. The second-order valence-corrected chi connectivity index (χ2v) is 6.24. The van der Waals surface area contributed by atoms with Crippen LogP contribution in [0.4, 0.5) is 10.5 Å². The lowest BCUT2D eigenvalue weighted by Gasteiger charge is -2.36. The highest BCUT2D eigenvalue weighted by Gasteiger charge is 2.32. The molecule has 1 aliphatic rings. The smallest absolute Gasteiger partial charge is 0.322 e. The second kappa shape index (κ2) is 7.38. The summed E-state index contributed by atoms with van der Waals surface area (Å²) in [4.78, 5) is 25.7. The van der Waals surface area contributed by atoms with E-state index in [2.05, 4.69) is 12.2 Å². The van der Waals surface area contributed by atoms with Gasteiger partial charge >= 0.3 is 12.0 Å². The van der Waals surface area contributed by atoms with Crippen LogP contribution in [0.25, 0.3) is 0 Å². The molecule has 0 saturated heterocycles. The first-order chi connectivity index (χ1) is 12.1. The predicted molar refractivity (Wildman–Crippen MR) is 96.7 cm³/mol. The lowest BCUT2D eigenvalue weighted by Crippen LogP contribution is -2.43. The summed E-state index contributed by atoms with van der Waals surface area (Å²) in [5.74, 6) is -0.910. The molecule has 1 aliphatic heterocycles. The molecule has 5 nitrogen and oxygen atoms in total. The van der Waals surface area contributed by atoms with E-state index in [-0.39, 0.29) is 12.5 Å². The minimum absolute atomic E-state index is 0.0980. The van der Waals surface area contributed by atoms with E-state index < -0.39 is 12.0 Å². The van der Waals surface area contributed by atoms with Gasteiger partial charge < -0.3 is 15.3 Å². The topological polar surface area (TPSA) is 69.6 Å². The van der Waals surface area contributed by atoms with Crippen molar-refractivity contribution in [3.05, 3.63) is 65.2 Å². The van der Waals surface area contributed by atoms with Crippen molar-refractivity contribution >= 4 is 17.7 Å². The monoisotopic (exact) mass is 338 g/mol. The molecule has 0 fully saturated rings. The lowest BCUT2D eigenvalue weighted by molar-refractivity contribution is -0.138. The number of urea groups is 1. The van der Waals surface area contributed by atoms with Crippen molar-refractivity contribution in [2.75, 3.05) is 11.9 Å². The van der Waals surface area contributed by atoms with E-state index in [4.69, 9.17) is 0 Å². The summed E-state index contributed by atoms with van der Waals surface area (Å²) in [6.45, 7) is 2.59. The van der Waals surface area contributed by atoms with E-state index in [1.54, 1.807) is 4.90 Å². The van der Waals surface area contributed by atoms with Crippen LogP contribution in [-0.4, -0.2) is 28.6 Å². The number of benzene rings is 2. The molecule has 0 spiro atoms. The first kappa shape index (κ1) is 17.0. The zero-order valence-corrected chi connectivity index (χ0v) is 14.2. The number of carboxylic acids is 1. The molecule has 0 aliphatic carbocycles. The number of fused-ring (bicyclic) bond motifs is 1. The Morgan fingerprint density at radius 3 is 2.56 bits per heavy atom. The number of hydrogen-bond acceptors (Lipinski definition) is 2. The van der Waals surface area contributed by atoms with Gasteiger partial charge in [0, 0.05) is 12.2 Å². The molecule has 25 heavy (non-hydrogen) atoms. The molecule has 0 bridgehead atoms. The maximum Gasteiger partial charge on any atom is 0.322 e. The van der Waals surface area contributed by atoms with Gasteiger partial charge in [-0.15, -0.1) is 0 Å².